The van der Waals surface area contributed by atoms with Crippen LogP contribution in [0.25, 0.3) is 15.8 Å². The van der Waals surface area contributed by atoms with Crippen LogP contribution < -0.4 is 5.32 Å². The third-order valence-corrected chi connectivity index (χ3v) is 4.55. The van der Waals surface area contributed by atoms with Gasteiger partial charge in [-0.1, -0.05) is 12.1 Å². The summed E-state index contributed by atoms with van der Waals surface area (Å²) in [5.41, 5.74) is -0.461. The van der Waals surface area contributed by atoms with Gasteiger partial charge in [0.2, 0.25) is 0 Å². The van der Waals surface area contributed by atoms with Crippen molar-refractivity contribution in [2.45, 2.75) is 26.4 Å². The Balaban J connectivity index is 1.81. The molecule has 0 fully saturated rings. The molecule has 0 aliphatic rings. The summed E-state index contributed by atoms with van der Waals surface area (Å²) in [7, 11) is 0. The minimum absolute atomic E-state index is 0.391. The summed E-state index contributed by atoms with van der Waals surface area (Å²) in [5, 5.41) is 4.78. The zero-order valence-electron chi connectivity index (χ0n) is 12.4. The average Bonchev–Trinajstić information content (AvgIpc) is 3.03. The molecule has 0 aliphatic carbocycles. The molecule has 0 radical (unpaired) electrons. The van der Waals surface area contributed by atoms with Gasteiger partial charge in [-0.2, -0.15) is 0 Å². The summed E-state index contributed by atoms with van der Waals surface area (Å²) in [6, 6.07) is 8.38. The van der Waals surface area contributed by atoms with Gasteiger partial charge < -0.3 is 10.1 Å². The third-order valence-electron chi connectivity index (χ3n) is 2.44. The molecule has 1 amide bonds. The fourth-order valence-corrected chi connectivity index (χ4v) is 3.40. The molecule has 0 aromatic carbocycles. The number of hydrogen-bond acceptors (Lipinski definition) is 4. The van der Waals surface area contributed by atoms with E-state index in [1.54, 1.807) is 22.7 Å². The van der Waals surface area contributed by atoms with E-state index in [-0.39, 0.29) is 0 Å². The first-order valence-corrected chi connectivity index (χ1v) is 8.41. The first-order chi connectivity index (χ1) is 9.94. The predicted octanol–water partition coefficient (Wildman–Crippen LogP) is 5.01. The van der Waals surface area contributed by atoms with E-state index < -0.39 is 11.7 Å². The van der Waals surface area contributed by atoms with Gasteiger partial charge in [0.05, 0.1) is 0 Å². The molecule has 2 rings (SSSR count). The number of alkyl carbamates (subject to hydrolysis) is 1. The molecule has 3 nitrogen and oxygen atoms in total. The van der Waals surface area contributed by atoms with Gasteiger partial charge in [0.15, 0.2) is 0 Å². The zero-order valence-corrected chi connectivity index (χ0v) is 14.0. The molecule has 5 heteroatoms. The van der Waals surface area contributed by atoms with Crippen LogP contribution in [-0.2, 0) is 4.74 Å². The van der Waals surface area contributed by atoms with E-state index in [0.717, 1.165) is 0 Å². The summed E-state index contributed by atoms with van der Waals surface area (Å²) < 4.78 is 5.16. The van der Waals surface area contributed by atoms with E-state index in [1.807, 2.05) is 32.9 Å². The van der Waals surface area contributed by atoms with Gasteiger partial charge >= 0.3 is 6.09 Å². The Morgan fingerprint density at radius 3 is 2.76 bits per heavy atom. The number of nitrogens with one attached hydrogen (secondary N) is 1. The lowest BCUT2D eigenvalue weighted by molar-refractivity contribution is 0.0534. The van der Waals surface area contributed by atoms with Gasteiger partial charge in [-0.15, -0.1) is 22.7 Å². The van der Waals surface area contributed by atoms with Crippen LogP contribution >= 0.6 is 22.7 Å². The summed E-state index contributed by atoms with van der Waals surface area (Å²) in [6.45, 7) is 6.00. The standard InChI is InChI=1S/C16H19NO2S2/c1-16(2,3)19-15(18)17-10-4-6-12-8-9-14(21-12)13-7-5-11-20-13/h4-9,11H,10H2,1-3H3,(H,17,18). The summed E-state index contributed by atoms with van der Waals surface area (Å²) >= 11 is 3.48. The van der Waals surface area contributed by atoms with Gasteiger partial charge in [0.25, 0.3) is 0 Å². The van der Waals surface area contributed by atoms with Crippen LogP contribution in [0.3, 0.4) is 0 Å². The number of carbonyl (C=O) groups excluding carboxylic acids is 1. The highest BCUT2D eigenvalue weighted by atomic mass is 32.1. The Hall–Kier alpha value is -1.59. The number of carbonyl (C=O) groups is 1. The van der Waals surface area contributed by atoms with Crippen molar-refractivity contribution in [1.82, 2.24) is 5.32 Å². The Kier molecular flexibility index (Phi) is 5.20. The zero-order chi connectivity index (χ0) is 15.3. The third kappa shape index (κ3) is 5.36. The minimum Gasteiger partial charge on any atom is -0.444 e. The molecule has 2 aromatic rings. The predicted molar refractivity (Wildman–Crippen MR) is 90.9 cm³/mol. The monoisotopic (exact) mass is 321 g/mol. The Morgan fingerprint density at radius 2 is 2.10 bits per heavy atom. The maximum absolute atomic E-state index is 11.5. The van der Waals surface area contributed by atoms with Crippen molar-refractivity contribution in [2.24, 2.45) is 0 Å². The van der Waals surface area contributed by atoms with E-state index in [2.05, 4.69) is 35.0 Å². The molecule has 0 saturated carbocycles. The normalized spacial score (nSPS) is 11.8. The molecule has 0 unspecified atom stereocenters. The second kappa shape index (κ2) is 6.91. The molecule has 112 valence electrons. The Morgan fingerprint density at radius 1 is 1.29 bits per heavy atom. The van der Waals surface area contributed by atoms with E-state index in [0.29, 0.717) is 6.54 Å². The minimum atomic E-state index is -0.461. The van der Waals surface area contributed by atoms with Crippen LogP contribution in [-0.4, -0.2) is 18.2 Å². The Bertz CT molecular complexity index is 607. The number of ether oxygens (including phenoxy) is 1. The van der Waals surface area contributed by atoms with Gasteiger partial charge in [-0.05, 0) is 50.4 Å². The maximum Gasteiger partial charge on any atom is 0.407 e. The van der Waals surface area contributed by atoms with Crippen LogP contribution in [0, 0.1) is 0 Å². The van der Waals surface area contributed by atoms with Gasteiger partial charge in [0.1, 0.15) is 5.60 Å². The molecule has 0 spiro atoms. The summed E-state index contributed by atoms with van der Waals surface area (Å²) in [6.07, 6.45) is 3.55. The number of hydrogen-bond donors (Lipinski definition) is 1. The molecule has 21 heavy (non-hydrogen) atoms. The van der Waals surface area contributed by atoms with Crippen LogP contribution in [0.1, 0.15) is 25.6 Å². The SMILES string of the molecule is CC(C)(C)OC(=O)NCC=Cc1ccc(-c2cccs2)s1. The van der Waals surface area contributed by atoms with Gasteiger partial charge in [-0.25, -0.2) is 4.79 Å². The van der Waals surface area contributed by atoms with Crippen molar-refractivity contribution in [2.75, 3.05) is 6.54 Å². The molecule has 1 N–H and O–H groups in total. The van der Waals surface area contributed by atoms with Crippen LogP contribution in [0.5, 0.6) is 0 Å². The van der Waals surface area contributed by atoms with Crippen molar-refractivity contribution < 1.29 is 9.53 Å². The van der Waals surface area contributed by atoms with E-state index in [1.165, 1.54) is 14.6 Å². The molecule has 2 heterocycles. The number of rotatable bonds is 4. The molecule has 0 atom stereocenters. The van der Waals surface area contributed by atoms with Crippen molar-refractivity contribution >= 4 is 34.8 Å². The van der Waals surface area contributed by atoms with E-state index >= 15 is 0 Å². The van der Waals surface area contributed by atoms with Crippen LogP contribution in [0.15, 0.2) is 35.7 Å². The largest absolute Gasteiger partial charge is 0.444 e. The van der Waals surface area contributed by atoms with Crippen molar-refractivity contribution in [3.05, 3.63) is 40.6 Å². The highest BCUT2D eigenvalue weighted by Gasteiger charge is 2.14. The molecular weight excluding hydrogens is 302 g/mol. The van der Waals surface area contributed by atoms with Crippen molar-refractivity contribution in [1.29, 1.82) is 0 Å². The van der Waals surface area contributed by atoms with Gasteiger partial charge in [0, 0.05) is 21.2 Å². The van der Waals surface area contributed by atoms with E-state index in [9.17, 15) is 4.79 Å². The molecule has 0 bridgehead atoms. The fraction of sp³-hybridized carbons (Fsp3) is 0.312. The number of thiophene rings is 2. The fourth-order valence-electron chi connectivity index (χ4n) is 1.63. The maximum atomic E-state index is 11.5. The second-order valence-electron chi connectivity index (χ2n) is 5.46. The van der Waals surface area contributed by atoms with Crippen LogP contribution in [0.2, 0.25) is 0 Å². The second-order valence-corrected chi connectivity index (χ2v) is 7.53. The molecule has 0 aliphatic heterocycles. The smallest absolute Gasteiger partial charge is 0.407 e. The summed E-state index contributed by atoms with van der Waals surface area (Å²) in [5.74, 6) is 0. The molecule has 0 saturated heterocycles. The summed E-state index contributed by atoms with van der Waals surface area (Å²) in [4.78, 5) is 15.2. The number of amides is 1. The first kappa shape index (κ1) is 15.8. The van der Waals surface area contributed by atoms with Crippen LogP contribution in [0.4, 0.5) is 4.79 Å². The topological polar surface area (TPSA) is 38.3 Å². The van der Waals surface area contributed by atoms with Gasteiger partial charge in [-0.3, -0.25) is 0 Å². The molecule has 2 aromatic heterocycles. The lowest BCUT2D eigenvalue weighted by atomic mass is 10.2. The van der Waals surface area contributed by atoms with Crippen molar-refractivity contribution in [3.63, 3.8) is 0 Å². The van der Waals surface area contributed by atoms with E-state index in [4.69, 9.17) is 4.74 Å². The lowest BCUT2D eigenvalue weighted by Crippen LogP contribution is -2.32. The highest BCUT2D eigenvalue weighted by molar-refractivity contribution is 7.21. The quantitative estimate of drug-likeness (QED) is 0.859. The average molecular weight is 321 g/mol. The first-order valence-electron chi connectivity index (χ1n) is 6.71. The highest BCUT2D eigenvalue weighted by Crippen LogP contribution is 2.31. The van der Waals surface area contributed by atoms with Crippen molar-refractivity contribution in [3.8, 4) is 9.75 Å². The lowest BCUT2D eigenvalue weighted by Gasteiger charge is -2.19. The molecular formula is C16H19NO2S2. The Labute approximate surface area is 133 Å².